The Morgan fingerprint density at radius 1 is 1.30 bits per heavy atom. The zero-order valence-corrected chi connectivity index (χ0v) is 10.5. The summed E-state index contributed by atoms with van der Waals surface area (Å²) in [7, 11) is 1.09. The van der Waals surface area contributed by atoms with Crippen LogP contribution in [-0.4, -0.2) is 25.2 Å². The molecule has 3 N–H and O–H groups in total. The van der Waals surface area contributed by atoms with Crippen molar-refractivity contribution in [3.63, 3.8) is 0 Å². The predicted octanol–water partition coefficient (Wildman–Crippen LogP) is 1.46. The smallest absolute Gasteiger partial charge is 0.416 e. The molecule has 0 aliphatic carbocycles. The Balaban J connectivity index is 2.64. The standard InChI is InChI=1S/C12H13F3N2O3/c1-20-11(19)17-10(18)9(16)6-7-2-4-8(5-3-7)12(13,14)15/h2-5,9H,6,16H2,1H3,(H,17,18,19)/t9-/m0/s1. The topological polar surface area (TPSA) is 81.4 Å². The third-order valence-electron chi connectivity index (χ3n) is 2.48. The lowest BCUT2D eigenvalue weighted by Crippen LogP contribution is -2.44. The quantitative estimate of drug-likeness (QED) is 0.883. The molecule has 1 aromatic rings. The zero-order chi connectivity index (χ0) is 15.3. The van der Waals surface area contributed by atoms with Gasteiger partial charge in [0.1, 0.15) is 0 Å². The molecule has 0 aliphatic heterocycles. The van der Waals surface area contributed by atoms with Crippen LogP contribution in [0.2, 0.25) is 0 Å². The number of amides is 2. The number of ether oxygens (including phenoxy) is 1. The van der Waals surface area contributed by atoms with Gasteiger partial charge in [0.2, 0.25) is 5.91 Å². The number of hydrogen-bond acceptors (Lipinski definition) is 4. The van der Waals surface area contributed by atoms with Gasteiger partial charge in [-0.1, -0.05) is 12.1 Å². The molecule has 2 amide bonds. The van der Waals surface area contributed by atoms with Crippen LogP contribution in [0.1, 0.15) is 11.1 Å². The Kier molecular flexibility index (Phi) is 5.09. The fourth-order valence-corrected chi connectivity index (χ4v) is 1.42. The van der Waals surface area contributed by atoms with E-state index in [1.165, 1.54) is 12.1 Å². The summed E-state index contributed by atoms with van der Waals surface area (Å²) in [6.07, 6.45) is -5.36. The first-order valence-electron chi connectivity index (χ1n) is 5.54. The van der Waals surface area contributed by atoms with E-state index in [4.69, 9.17) is 5.73 Å². The van der Waals surface area contributed by atoms with E-state index in [0.717, 1.165) is 19.2 Å². The highest BCUT2D eigenvalue weighted by molar-refractivity contribution is 5.94. The number of halogens is 3. The maximum Gasteiger partial charge on any atom is 0.416 e. The molecule has 0 aromatic heterocycles. The molecule has 1 aromatic carbocycles. The van der Waals surface area contributed by atoms with E-state index in [0.29, 0.717) is 5.56 Å². The first-order valence-corrected chi connectivity index (χ1v) is 5.54. The molecular formula is C12H13F3N2O3. The van der Waals surface area contributed by atoms with Crippen molar-refractivity contribution in [2.45, 2.75) is 18.6 Å². The minimum absolute atomic E-state index is 0.000957. The van der Waals surface area contributed by atoms with Crippen molar-refractivity contribution in [3.05, 3.63) is 35.4 Å². The molecule has 0 bridgehead atoms. The number of carbonyl (C=O) groups excluding carboxylic acids is 2. The molecule has 0 radical (unpaired) electrons. The fraction of sp³-hybridized carbons (Fsp3) is 0.333. The molecule has 0 aliphatic rings. The van der Waals surface area contributed by atoms with Gasteiger partial charge in [-0.2, -0.15) is 13.2 Å². The third-order valence-corrected chi connectivity index (χ3v) is 2.48. The van der Waals surface area contributed by atoms with Gasteiger partial charge >= 0.3 is 12.3 Å². The van der Waals surface area contributed by atoms with Crippen molar-refractivity contribution < 1.29 is 27.5 Å². The van der Waals surface area contributed by atoms with Crippen molar-refractivity contribution in [2.24, 2.45) is 5.73 Å². The number of alkyl halides is 3. The Morgan fingerprint density at radius 2 is 1.85 bits per heavy atom. The van der Waals surface area contributed by atoms with Crippen molar-refractivity contribution >= 4 is 12.0 Å². The second kappa shape index (κ2) is 6.38. The molecule has 8 heteroatoms. The van der Waals surface area contributed by atoms with E-state index in [2.05, 4.69) is 4.74 Å². The molecule has 0 unspecified atom stereocenters. The van der Waals surface area contributed by atoms with Crippen LogP contribution in [0.5, 0.6) is 0 Å². The lowest BCUT2D eigenvalue weighted by atomic mass is 10.0. The summed E-state index contributed by atoms with van der Waals surface area (Å²) in [5.41, 5.74) is 5.20. The maximum atomic E-state index is 12.4. The van der Waals surface area contributed by atoms with Crippen LogP contribution >= 0.6 is 0 Å². The Hall–Kier alpha value is -2.09. The van der Waals surface area contributed by atoms with Gasteiger partial charge in [0.15, 0.2) is 0 Å². The number of methoxy groups -OCH3 is 1. The SMILES string of the molecule is COC(=O)NC(=O)[C@@H](N)Cc1ccc(C(F)(F)F)cc1. The minimum atomic E-state index is -4.41. The summed E-state index contributed by atoms with van der Waals surface area (Å²) >= 11 is 0. The molecule has 0 saturated carbocycles. The van der Waals surface area contributed by atoms with Crippen LogP contribution in [0.25, 0.3) is 0 Å². The van der Waals surface area contributed by atoms with Crippen molar-refractivity contribution in [3.8, 4) is 0 Å². The second-order valence-electron chi connectivity index (χ2n) is 3.99. The van der Waals surface area contributed by atoms with Crippen LogP contribution in [-0.2, 0) is 22.1 Å². The molecule has 0 saturated heterocycles. The van der Waals surface area contributed by atoms with Crippen LogP contribution in [0.3, 0.4) is 0 Å². The molecule has 5 nitrogen and oxygen atoms in total. The number of imide groups is 1. The lowest BCUT2D eigenvalue weighted by molar-refractivity contribution is -0.137. The predicted molar refractivity (Wildman–Crippen MR) is 63.7 cm³/mol. The van der Waals surface area contributed by atoms with Gasteiger partial charge in [-0.25, -0.2) is 4.79 Å². The highest BCUT2D eigenvalue weighted by Crippen LogP contribution is 2.29. The molecule has 0 heterocycles. The molecule has 110 valence electrons. The van der Waals surface area contributed by atoms with Gasteiger partial charge in [-0.05, 0) is 24.1 Å². The molecule has 1 rings (SSSR count). The summed E-state index contributed by atoms with van der Waals surface area (Å²) in [4.78, 5) is 22.2. The van der Waals surface area contributed by atoms with Gasteiger partial charge < -0.3 is 10.5 Å². The highest BCUT2D eigenvalue weighted by atomic mass is 19.4. The first-order chi connectivity index (χ1) is 9.24. The van der Waals surface area contributed by atoms with Gasteiger partial charge in [-0.3, -0.25) is 10.1 Å². The molecule has 1 atom stereocenters. The third kappa shape index (κ3) is 4.54. The Morgan fingerprint density at radius 3 is 2.30 bits per heavy atom. The number of rotatable bonds is 3. The summed E-state index contributed by atoms with van der Waals surface area (Å²) in [5.74, 6) is -0.767. The van der Waals surface area contributed by atoms with E-state index in [9.17, 15) is 22.8 Å². The number of benzene rings is 1. The molecule has 0 fully saturated rings. The van der Waals surface area contributed by atoms with E-state index < -0.39 is 29.8 Å². The maximum absolute atomic E-state index is 12.4. The molecular weight excluding hydrogens is 277 g/mol. The minimum Gasteiger partial charge on any atom is -0.453 e. The number of carbonyl (C=O) groups is 2. The summed E-state index contributed by atoms with van der Waals surface area (Å²) in [6.45, 7) is 0. The average Bonchev–Trinajstić information content (AvgIpc) is 2.38. The van der Waals surface area contributed by atoms with Crippen molar-refractivity contribution in [1.29, 1.82) is 0 Å². The van der Waals surface area contributed by atoms with Crippen LogP contribution in [0.15, 0.2) is 24.3 Å². The number of hydrogen-bond donors (Lipinski definition) is 2. The van der Waals surface area contributed by atoms with E-state index >= 15 is 0 Å². The van der Waals surface area contributed by atoms with Crippen LogP contribution in [0, 0.1) is 0 Å². The summed E-state index contributed by atoms with van der Waals surface area (Å²) in [6, 6.07) is 3.20. The Bertz CT molecular complexity index is 486. The molecule has 0 spiro atoms. The monoisotopic (exact) mass is 290 g/mol. The second-order valence-corrected chi connectivity index (χ2v) is 3.99. The van der Waals surface area contributed by atoms with Crippen LogP contribution in [0.4, 0.5) is 18.0 Å². The number of nitrogens with two attached hydrogens (primary N) is 1. The first kappa shape index (κ1) is 16.0. The lowest BCUT2D eigenvalue weighted by Gasteiger charge is -2.12. The van der Waals surface area contributed by atoms with Crippen LogP contribution < -0.4 is 11.1 Å². The highest BCUT2D eigenvalue weighted by Gasteiger charge is 2.30. The normalized spacial score (nSPS) is 12.7. The van der Waals surface area contributed by atoms with Gasteiger partial charge in [0.05, 0.1) is 18.7 Å². The van der Waals surface area contributed by atoms with Gasteiger partial charge in [0, 0.05) is 0 Å². The van der Waals surface area contributed by atoms with Gasteiger partial charge in [-0.15, -0.1) is 0 Å². The van der Waals surface area contributed by atoms with E-state index in [1.807, 2.05) is 5.32 Å². The average molecular weight is 290 g/mol. The van der Waals surface area contributed by atoms with Crippen molar-refractivity contribution in [1.82, 2.24) is 5.32 Å². The summed E-state index contributed by atoms with van der Waals surface area (Å²) < 4.78 is 41.3. The molecule has 20 heavy (non-hydrogen) atoms. The number of alkyl carbamates (subject to hydrolysis) is 1. The van der Waals surface area contributed by atoms with E-state index in [1.54, 1.807) is 0 Å². The number of nitrogens with one attached hydrogen (secondary N) is 1. The van der Waals surface area contributed by atoms with E-state index in [-0.39, 0.29) is 6.42 Å². The largest absolute Gasteiger partial charge is 0.453 e. The summed E-state index contributed by atoms with van der Waals surface area (Å²) in [5, 5.41) is 1.88. The van der Waals surface area contributed by atoms with Crippen molar-refractivity contribution in [2.75, 3.05) is 7.11 Å². The zero-order valence-electron chi connectivity index (χ0n) is 10.5. The fourth-order valence-electron chi connectivity index (χ4n) is 1.42. The van der Waals surface area contributed by atoms with Gasteiger partial charge in [0.25, 0.3) is 0 Å². The Labute approximate surface area is 112 Å².